The van der Waals surface area contributed by atoms with Gasteiger partial charge >= 0.3 is 6.55 Å². The first-order chi connectivity index (χ1) is 9.80. The molecule has 21 heavy (non-hydrogen) atoms. The summed E-state index contributed by atoms with van der Waals surface area (Å²) in [5, 5.41) is 6.71. The molecular weight excluding hydrogens is 278 g/mol. The average molecular weight is 302 g/mol. The lowest BCUT2D eigenvalue weighted by Gasteiger charge is -2.31. The maximum absolute atomic E-state index is 12.8. The second kappa shape index (κ2) is 6.98. The third kappa shape index (κ3) is 3.78. The third-order valence-corrected chi connectivity index (χ3v) is 4.15. The lowest BCUT2D eigenvalue weighted by Crippen LogP contribution is -2.53. The number of aryl methyl sites for hydroxylation is 1. The van der Waals surface area contributed by atoms with E-state index in [1.807, 2.05) is 13.8 Å². The van der Waals surface area contributed by atoms with Gasteiger partial charge in [0, 0.05) is 17.8 Å². The third-order valence-electron chi connectivity index (χ3n) is 4.15. The zero-order chi connectivity index (χ0) is 16.2. The Morgan fingerprint density at radius 1 is 1.38 bits per heavy atom. The molecule has 1 rings (SSSR count). The van der Waals surface area contributed by atoms with Crippen LogP contribution in [0.2, 0.25) is 0 Å². The summed E-state index contributed by atoms with van der Waals surface area (Å²) in [6.45, 7) is 4.74. The zero-order valence-corrected chi connectivity index (χ0v) is 13.0. The standard InChI is InChI=1S/C14H24F2N4O/c1-5-14(6-2,8-17)18-12(21)7-11-9(3)19-20(10(11)4)13(15)16/h13H,5-8,17H2,1-4H3,(H,18,21). The number of aromatic nitrogens is 2. The molecule has 0 aliphatic rings. The number of alkyl halides is 2. The predicted molar refractivity (Wildman–Crippen MR) is 77.2 cm³/mol. The van der Waals surface area contributed by atoms with Crippen molar-refractivity contribution in [3.63, 3.8) is 0 Å². The molecule has 0 fully saturated rings. The van der Waals surface area contributed by atoms with Crippen molar-refractivity contribution in [1.29, 1.82) is 0 Å². The van der Waals surface area contributed by atoms with Crippen LogP contribution in [-0.2, 0) is 11.2 Å². The Balaban J connectivity index is 2.89. The number of hydrogen-bond donors (Lipinski definition) is 2. The first-order valence-electron chi connectivity index (χ1n) is 7.14. The van der Waals surface area contributed by atoms with Crippen LogP contribution in [0.4, 0.5) is 8.78 Å². The van der Waals surface area contributed by atoms with Crippen molar-refractivity contribution < 1.29 is 13.6 Å². The molecule has 0 aliphatic carbocycles. The van der Waals surface area contributed by atoms with E-state index in [4.69, 9.17) is 5.73 Å². The Morgan fingerprint density at radius 3 is 2.33 bits per heavy atom. The molecule has 0 unspecified atom stereocenters. The molecule has 0 aromatic carbocycles. The Bertz CT molecular complexity index is 487. The van der Waals surface area contributed by atoms with E-state index < -0.39 is 12.1 Å². The molecule has 0 radical (unpaired) electrons. The van der Waals surface area contributed by atoms with Crippen LogP contribution < -0.4 is 11.1 Å². The molecule has 0 bridgehead atoms. The fourth-order valence-electron chi connectivity index (χ4n) is 2.41. The summed E-state index contributed by atoms with van der Waals surface area (Å²) in [7, 11) is 0. The lowest BCUT2D eigenvalue weighted by molar-refractivity contribution is -0.122. The highest BCUT2D eigenvalue weighted by Crippen LogP contribution is 2.20. The first kappa shape index (κ1) is 17.6. The van der Waals surface area contributed by atoms with E-state index >= 15 is 0 Å². The number of carbonyl (C=O) groups excluding carboxylic acids is 1. The van der Waals surface area contributed by atoms with E-state index in [2.05, 4.69) is 10.4 Å². The Labute approximate surface area is 123 Å². The van der Waals surface area contributed by atoms with E-state index in [1.54, 1.807) is 13.8 Å². The van der Waals surface area contributed by atoms with E-state index in [0.29, 0.717) is 28.2 Å². The number of carbonyl (C=O) groups is 1. The first-order valence-corrected chi connectivity index (χ1v) is 7.14. The van der Waals surface area contributed by atoms with Crippen LogP contribution in [0.15, 0.2) is 0 Å². The Kier molecular flexibility index (Phi) is 5.83. The van der Waals surface area contributed by atoms with Crippen LogP contribution in [0.25, 0.3) is 0 Å². The summed E-state index contributed by atoms with van der Waals surface area (Å²) in [4.78, 5) is 12.2. The summed E-state index contributed by atoms with van der Waals surface area (Å²) >= 11 is 0. The predicted octanol–water partition coefficient (Wildman–Crippen LogP) is 2.07. The number of halogens is 2. The molecule has 5 nitrogen and oxygen atoms in total. The lowest BCUT2D eigenvalue weighted by atomic mass is 9.92. The van der Waals surface area contributed by atoms with Gasteiger partial charge in [0.15, 0.2) is 0 Å². The normalized spacial score (nSPS) is 12.0. The quantitative estimate of drug-likeness (QED) is 0.810. The van der Waals surface area contributed by atoms with Crippen molar-refractivity contribution in [1.82, 2.24) is 15.1 Å². The number of amides is 1. The maximum atomic E-state index is 12.8. The maximum Gasteiger partial charge on any atom is 0.333 e. The van der Waals surface area contributed by atoms with Crippen molar-refractivity contribution in [2.24, 2.45) is 5.73 Å². The summed E-state index contributed by atoms with van der Waals surface area (Å²) in [5.41, 5.74) is 6.63. The summed E-state index contributed by atoms with van der Waals surface area (Å²) in [6.07, 6.45) is 1.48. The molecule has 1 aromatic rings. The molecule has 120 valence electrons. The summed E-state index contributed by atoms with van der Waals surface area (Å²) in [5.74, 6) is -0.218. The molecule has 1 aromatic heterocycles. The highest BCUT2D eigenvalue weighted by Gasteiger charge is 2.27. The van der Waals surface area contributed by atoms with Crippen LogP contribution >= 0.6 is 0 Å². The van der Waals surface area contributed by atoms with Crippen molar-refractivity contribution in [2.45, 2.75) is 59.0 Å². The minimum absolute atomic E-state index is 0.0339. The van der Waals surface area contributed by atoms with Gasteiger partial charge in [-0.05, 0) is 26.7 Å². The van der Waals surface area contributed by atoms with Gasteiger partial charge in [-0.1, -0.05) is 13.8 Å². The highest BCUT2D eigenvalue weighted by atomic mass is 19.3. The van der Waals surface area contributed by atoms with Crippen LogP contribution in [0, 0.1) is 13.8 Å². The Hall–Kier alpha value is -1.50. The van der Waals surface area contributed by atoms with Crippen LogP contribution in [0.3, 0.4) is 0 Å². The number of nitrogens with two attached hydrogens (primary N) is 1. The van der Waals surface area contributed by atoms with E-state index in [1.165, 1.54) is 0 Å². The van der Waals surface area contributed by atoms with Crippen molar-refractivity contribution in [3.05, 3.63) is 17.0 Å². The summed E-state index contributed by atoms with van der Waals surface area (Å²) in [6, 6.07) is 0. The van der Waals surface area contributed by atoms with Gasteiger partial charge < -0.3 is 11.1 Å². The SMILES string of the molecule is CCC(CC)(CN)NC(=O)Cc1c(C)nn(C(F)F)c1C. The van der Waals surface area contributed by atoms with Gasteiger partial charge in [-0.3, -0.25) is 4.79 Å². The molecule has 0 saturated carbocycles. The molecule has 0 saturated heterocycles. The fourth-order valence-corrected chi connectivity index (χ4v) is 2.41. The van der Waals surface area contributed by atoms with Crippen LogP contribution in [0.1, 0.15) is 50.2 Å². The van der Waals surface area contributed by atoms with Gasteiger partial charge in [0.25, 0.3) is 0 Å². The van der Waals surface area contributed by atoms with Gasteiger partial charge in [-0.15, -0.1) is 0 Å². The molecular formula is C14H24F2N4O. The largest absolute Gasteiger partial charge is 0.349 e. The second-order valence-electron chi connectivity index (χ2n) is 5.29. The number of nitrogens with zero attached hydrogens (tertiary/aromatic N) is 2. The molecule has 0 atom stereocenters. The monoisotopic (exact) mass is 302 g/mol. The molecule has 0 spiro atoms. The second-order valence-corrected chi connectivity index (χ2v) is 5.29. The molecule has 0 aliphatic heterocycles. The fraction of sp³-hybridized carbons (Fsp3) is 0.714. The number of rotatable bonds is 7. The van der Waals surface area contributed by atoms with Gasteiger partial charge in [0.1, 0.15) is 0 Å². The Morgan fingerprint density at radius 2 is 1.95 bits per heavy atom. The van der Waals surface area contributed by atoms with Gasteiger partial charge in [-0.2, -0.15) is 13.9 Å². The van der Waals surface area contributed by atoms with Crippen molar-refractivity contribution in [2.75, 3.05) is 6.54 Å². The van der Waals surface area contributed by atoms with Gasteiger partial charge in [0.2, 0.25) is 5.91 Å². The van der Waals surface area contributed by atoms with Crippen molar-refractivity contribution >= 4 is 5.91 Å². The van der Waals surface area contributed by atoms with E-state index in [9.17, 15) is 13.6 Å². The summed E-state index contributed by atoms with van der Waals surface area (Å²) < 4.78 is 26.2. The zero-order valence-electron chi connectivity index (χ0n) is 13.0. The van der Waals surface area contributed by atoms with Crippen molar-refractivity contribution in [3.8, 4) is 0 Å². The smallest absolute Gasteiger partial charge is 0.333 e. The van der Waals surface area contributed by atoms with E-state index in [0.717, 1.165) is 12.8 Å². The van der Waals surface area contributed by atoms with Gasteiger partial charge in [-0.25, -0.2) is 4.68 Å². The van der Waals surface area contributed by atoms with E-state index in [-0.39, 0.29) is 12.3 Å². The molecule has 7 heteroatoms. The average Bonchev–Trinajstić information content (AvgIpc) is 2.73. The minimum atomic E-state index is -2.70. The van der Waals surface area contributed by atoms with Gasteiger partial charge in [0.05, 0.1) is 17.7 Å². The highest BCUT2D eigenvalue weighted by molar-refractivity contribution is 5.80. The molecule has 1 amide bonds. The number of hydrogen-bond acceptors (Lipinski definition) is 3. The molecule has 1 heterocycles. The minimum Gasteiger partial charge on any atom is -0.349 e. The van der Waals surface area contributed by atoms with Crippen LogP contribution in [-0.4, -0.2) is 27.8 Å². The van der Waals surface area contributed by atoms with Crippen LogP contribution in [0.5, 0.6) is 0 Å². The molecule has 3 N–H and O–H groups in total. The topological polar surface area (TPSA) is 72.9 Å². The number of nitrogens with one attached hydrogen (secondary N) is 1.